The van der Waals surface area contributed by atoms with Crippen LogP contribution in [0.25, 0.3) is 0 Å². The molecule has 1 rings (SSSR count). The summed E-state index contributed by atoms with van der Waals surface area (Å²) in [6, 6.07) is 0.513. The molecule has 1 nitrogen and oxygen atoms in total. The molecule has 0 bridgehead atoms. The lowest BCUT2D eigenvalue weighted by Gasteiger charge is -2.27. The molecule has 1 unspecified atom stereocenters. The third-order valence-electron chi connectivity index (χ3n) is 4.15. The second-order valence-electron chi connectivity index (χ2n) is 5.42. The van der Waals surface area contributed by atoms with Crippen LogP contribution in [0.2, 0.25) is 0 Å². The molecular formula is C16H35N. The van der Waals surface area contributed by atoms with Crippen LogP contribution in [0.15, 0.2) is 0 Å². The fourth-order valence-corrected chi connectivity index (χ4v) is 2.91. The molecule has 0 spiro atoms. The van der Waals surface area contributed by atoms with Crippen molar-refractivity contribution in [2.75, 3.05) is 0 Å². The predicted molar refractivity (Wildman–Crippen MR) is 79.2 cm³/mol. The first-order chi connectivity index (χ1) is 8.26. The maximum absolute atomic E-state index is 5.93. The normalized spacial score (nSPS) is 25.9. The van der Waals surface area contributed by atoms with E-state index < -0.39 is 0 Å². The van der Waals surface area contributed by atoms with Gasteiger partial charge in [-0.2, -0.15) is 0 Å². The van der Waals surface area contributed by atoms with Crippen LogP contribution in [0.3, 0.4) is 0 Å². The van der Waals surface area contributed by atoms with Gasteiger partial charge in [0, 0.05) is 6.04 Å². The van der Waals surface area contributed by atoms with Crippen LogP contribution >= 0.6 is 0 Å². The lowest BCUT2D eigenvalue weighted by atomic mass is 9.81. The maximum atomic E-state index is 5.93. The van der Waals surface area contributed by atoms with Crippen LogP contribution in [0.5, 0.6) is 0 Å². The second-order valence-corrected chi connectivity index (χ2v) is 5.42. The monoisotopic (exact) mass is 241 g/mol. The van der Waals surface area contributed by atoms with E-state index in [0.717, 1.165) is 11.8 Å². The van der Waals surface area contributed by atoms with E-state index in [-0.39, 0.29) is 0 Å². The zero-order chi connectivity index (χ0) is 13.1. The average Bonchev–Trinajstić information content (AvgIpc) is 2.39. The molecular weight excluding hydrogens is 206 g/mol. The molecule has 2 N–H and O–H groups in total. The lowest BCUT2D eigenvalue weighted by Crippen LogP contribution is -2.26. The highest BCUT2D eigenvalue weighted by Crippen LogP contribution is 2.29. The van der Waals surface area contributed by atoms with E-state index in [1.165, 1.54) is 57.8 Å². The molecule has 17 heavy (non-hydrogen) atoms. The van der Waals surface area contributed by atoms with Crippen molar-refractivity contribution >= 4 is 0 Å². The van der Waals surface area contributed by atoms with E-state index in [0.29, 0.717) is 6.04 Å². The molecule has 0 amide bonds. The third-order valence-corrected chi connectivity index (χ3v) is 4.15. The highest BCUT2D eigenvalue weighted by molar-refractivity contribution is 4.75. The molecule has 0 radical (unpaired) electrons. The van der Waals surface area contributed by atoms with Crippen LogP contribution in [-0.4, -0.2) is 6.04 Å². The molecule has 1 saturated carbocycles. The van der Waals surface area contributed by atoms with Gasteiger partial charge in [-0.05, 0) is 37.5 Å². The first-order valence-electron chi connectivity index (χ1n) is 8.01. The summed E-state index contributed by atoms with van der Waals surface area (Å²) < 4.78 is 0. The number of nitrogens with two attached hydrogens (primary N) is 1. The van der Waals surface area contributed by atoms with Crippen molar-refractivity contribution in [1.29, 1.82) is 0 Å². The van der Waals surface area contributed by atoms with Crippen LogP contribution < -0.4 is 5.73 Å². The molecule has 0 saturated heterocycles. The Bertz CT molecular complexity index is 148. The summed E-state index contributed by atoms with van der Waals surface area (Å²) >= 11 is 0. The summed E-state index contributed by atoms with van der Waals surface area (Å²) in [7, 11) is 0. The van der Waals surface area contributed by atoms with Gasteiger partial charge in [0.1, 0.15) is 0 Å². The standard InChI is InChI=1S/C14H29N.C2H6/c1-3-5-12(4-2)6-7-13-8-10-14(15)11-9-13;1-2/h12-14H,3-11,15H2,1-2H3;1-2H3. The van der Waals surface area contributed by atoms with Crippen molar-refractivity contribution in [3.05, 3.63) is 0 Å². The smallest absolute Gasteiger partial charge is 0.00390 e. The molecule has 1 aliphatic rings. The van der Waals surface area contributed by atoms with Gasteiger partial charge in [-0.1, -0.05) is 59.8 Å². The molecule has 0 aromatic carbocycles. The van der Waals surface area contributed by atoms with E-state index >= 15 is 0 Å². The Kier molecular flexibility index (Phi) is 11.0. The summed E-state index contributed by atoms with van der Waals surface area (Å²) in [6.07, 6.45) is 12.4. The summed E-state index contributed by atoms with van der Waals surface area (Å²) in [6.45, 7) is 8.65. The Morgan fingerprint density at radius 1 is 1.00 bits per heavy atom. The molecule has 104 valence electrons. The molecule has 0 heterocycles. The first kappa shape index (κ1) is 17.0. The first-order valence-corrected chi connectivity index (χ1v) is 8.01. The van der Waals surface area contributed by atoms with Gasteiger partial charge in [-0.3, -0.25) is 0 Å². The molecule has 0 aliphatic heterocycles. The van der Waals surface area contributed by atoms with Gasteiger partial charge >= 0.3 is 0 Å². The minimum absolute atomic E-state index is 0.513. The van der Waals surface area contributed by atoms with E-state index in [4.69, 9.17) is 5.73 Å². The van der Waals surface area contributed by atoms with Crippen molar-refractivity contribution < 1.29 is 0 Å². The zero-order valence-corrected chi connectivity index (χ0v) is 12.7. The SMILES string of the molecule is CC.CCCC(CC)CCC1CCC(N)CC1. The highest BCUT2D eigenvalue weighted by Gasteiger charge is 2.19. The Hall–Kier alpha value is -0.0400. The molecule has 0 aromatic heterocycles. The van der Waals surface area contributed by atoms with Crippen LogP contribution in [0.1, 0.15) is 85.5 Å². The molecule has 0 aromatic rings. The van der Waals surface area contributed by atoms with Gasteiger partial charge in [0.05, 0.1) is 0 Å². The number of rotatable bonds is 6. The van der Waals surface area contributed by atoms with Crippen molar-refractivity contribution in [1.82, 2.24) is 0 Å². The molecule has 1 aliphatic carbocycles. The Balaban J connectivity index is 0.00000121. The zero-order valence-electron chi connectivity index (χ0n) is 12.7. The van der Waals surface area contributed by atoms with E-state index in [1.807, 2.05) is 13.8 Å². The highest BCUT2D eigenvalue weighted by atomic mass is 14.6. The van der Waals surface area contributed by atoms with Crippen molar-refractivity contribution in [3.63, 3.8) is 0 Å². The summed E-state index contributed by atoms with van der Waals surface area (Å²) in [4.78, 5) is 0. The fourth-order valence-electron chi connectivity index (χ4n) is 2.91. The largest absolute Gasteiger partial charge is 0.328 e. The van der Waals surface area contributed by atoms with Gasteiger partial charge in [0.2, 0.25) is 0 Å². The van der Waals surface area contributed by atoms with E-state index in [9.17, 15) is 0 Å². The maximum Gasteiger partial charge on any atom is 0.00390 e. The van der Waals surface area contributed by atoms with Crippen LogP contribution in [-0.2, 0) is 0 Å². The summed E-state index contributed by atoms with van der Waals surface area (Å²) in [5.74, 6) is 1.99. The lowest BCUT2D eigenvalue weighted by molar-refractivity contribution is 0.280. The average molecular weight is 241 g/mol. The van der Waals surface area contributed by atoms with Gasteiger partial charge < -0.3 is 5.73 Å². The molecule has 1 fully saturated rings. The molecule has 1 atom stereocenters. The summed E-state index contributed by atoms with van der Waals surface area (Å²) in [5.41, 5.74) is 5.93. The van der Waals surface area contributed by atoms with Gasteiger partial charge in [0.25, 0.3) is 0 Å². The van der Waals surface area contributed by atoms with Gasteiger partial charge in [-0.25, -0.2) is 0 Å². The Morgan fingerprint density at radius 3 is 2.06 bits per heavy atom. The van der Waals surface area contributed by atoms with Gasteiger partial charge in [0.15, 0.2) is 0 Å². The third kappa shape index (κ3) is 7.81. The van der Waals surface area contributed by atoms with Crippen molar-refractivity contribution in [3.8, 4) is 0 Å². The van der Waals surface area contributed by atoms with E-state index in [2.05, 4.69) is 13.8 Å². The minimum Gasteiger partial charge on any atom is -0.328 e. The quantitative estimate of drug-likeness (QED) is 0.685. The minimum atomic E-state index is 0.513. The number of hydrogen-bond donors (Lipinski definition) is 1. The predicted octanol–water partition coefficient (Wildman–Crippen LogP) is 5.14. The van der Waals surface area contributed by atoms with E-state index in [1.54, 1.807) is 0 Å². The number of hydrogen-bond acceptors (Lipinski definition) is 1. The van der Waals surface area contributed by atoms with Gasteiger partial charge in [-0.15, -0.1) is 0 Å². The van der Waals surface area contributed by atoms with Crippen LogP contribution in [0.4, 0.5) is 0 Å². The Morgan fingerprint density at radius 2 is 1.59 bits per heavy atom. The van der Waals surface area contributed by atoms with Crippen molar-refractivity contribution in [2.24, 2.45) is 17.6 Å². The van der Waals surface area contributed by atoms with Crippen molar-refractivity contribution in [2.45, 2.75) is 91.5 Å². The molecule has 1 heteroatoms. The summed E-state index contributed by atoms with van der Waals surface area (Å²) in [5, 5.41) is 0. The second kappa shape index (κ2) is 11.1. The van der Waals surface area contributed by atoms with Crippen LogP contribution in [0, 0.1) is 11.8 Å². The topological polar surface area (TPSA) is 26.0 Å². The Labute approximate surface area is 110 Å². The fraction of sp³-hybridized carbons (Fsp3) is 1.00.